The third-order valence-corrected chi connectivity index (χ3v) is 6.94. The molecule has 1 saturated carbocycles. The second kappa shape index (κ2) is 11.8. The Balaban J connectivity index is 1.69. The van der Waals surface area contributed by atoms with E-state index in [1.807, 2.05) is 12.1 Å². The second-order valence-electron chi connectivity index (χ2n) is 8.85. The van der Waals surface area contributed by atoms with E-state index in [4.69, 9.17) is 37.4 Å². The highest BCUT2D eigenvalue weighted by Crippen LogP contribution is 2.40. The first-order valence-corrected chi connectivity index (χ1v) is 12.2. The van der Waals surface area contributed by atoms with Gasteiger partial charge in [0.05, 0.1) is 35.7 Å². The molecule has 0 radical (unpaired) electrons. The van der Waals surface area contributed by atoms with Crippen molar-refractivity contribution in [3.63, 3.8) is 0 Å². The quantitative estimate of drug-likeness (QED) is 0.406. The SMILES string of the molecule is COC(=O)C1CCC(CNC(=O)c2ccc(Cl)c(Oc3ccc(OC)c(C(C)C)c3)c2Cl)CC1. The van der Waals surface area contributed by atoms with Gasteiger partial charge in [-0.3, -0.25) is 9.59 Å². The van der Waals surface area contributed by atoms with Crippen molar-refractivity contribution in [1.82, 2.24) is 5.32 Å². The Morgan fingerprint density at radius 3 is 2.38 bits per heavy atom. The van der Waals surface area contributed by atoms with Crippen molar-refractivity contribution in [2.45, 2.75) is 45.4 Å². The smallest absolute Gasteiger partial charge is 0.308 e. The molecule has 0 unspecified atom stereocenters. The molecule has 184 valence electrons. The van der Waals surface area contributed by atoms with E-state index in [2.05, 4.69) is 19.2 Å². The molecule has 0 heterocycles. The summed E-state index contributed by atoms with van der Waals surface area (Å²) < 4.78 is 16.3. The van der Waals surface area contributed by atoms with Crippen molar-refractivity contribution in [3.8, 4) is 17.2 Å². The molecule has 2 aromatic rings. The summed E-state index contributed by atoms with van der Waals surface area (Å²) in [5.41, 5.74) is 1.28. The van der Waals surface area contributed by atoms with E-state index < -0.39 is 0 Å². The standard InChI is InChI=1S/C26H31Cl2NO5/c1-15(2)20-13-18(9-12-22(20)32-3)34-24-21(27)11-10-19(23(24)28)25(30)29-14-16-5-7-17(8-6-16)26(31)33-4/h9-13,15-17H,5-8,14H2,1-4H3,(H,29,30). The number of carbonyl (C=O) groups excluding carboxylic acids is 2. The fraction of sp³-hybridized carbons (Fsp3) is 0.462. The third-order valence-electron chi connectivity index (χ3n) is 6.27. The number of ether oxygens (including phenoxy) is 3. The summed E-state index contributed by atoms with van der Waals surface area (Å²) in [5.74, 6) is 1.59. The van der Waals surface area contributed by atoms with Gasteiger partial charge in [0, 0.05) is 12.1 Å². The molecule has 0 saturated heterocycles. The highest BCUT2D eigenvalue weighted by atomic mass is 35.5. The van der Waals surface area contributed by atoms with Crippen LogP contribution in [0.2, 0.25) is 10.0 Å². The zero-order valence-electron chi connectivity index (χ0n) is 20.0. The van der Waals surface area contributed by atoms with Crippen LogP contribution in [0.1, 0.15) is 61.4 Å². The zero-order chi connectivity index (χ0) is 24.8. The summed E-state index contributed by atoms with van der Waals surface area (Å²) >= 11 is 12.9. The highest BCUT2D eigenvalue weighted by molar-refractivity contribution is 6.39. The lowest BCUT2D eigenvalue weighted by Gasteiger charge is -2.27. The molecule has 6 nitrogen and oxygen atoms in total. The van der Waals surface area contributed by atoms with Crippen LogP contribution in [0.15, 0.2) is 30.3 Å². The maximum Gasteiger partial charge on any atom is 0.308 e. The van der Waals surface area contributed by atoms with Gasteiger partial charge in [-0.15, -0.1) is 0 Å². The molecule has 0 bridgehead atoms. The van der Waals surface area contributed by atoms with E-state index in [0.29, 0.717) is 28.8 Å². The third kappa shape index (κ3) is 6.16. The Bertz CT molecular complexity index is 1030. The molecule has 0 atom stereocenters. The van der Waals surface area contributed by atoms with Crippen molar-refractivity contribution in [2.75, 3.05) is 20.8 Å². The summed E-state index contributed by atoms with van der Waals surface area (Å²) in [5, 5.41) is 3.43. The summed E-state index contributed by atoms with van der Waals surface area (Å²) in [4.78, 5) is 24.6. The molecule has 2 aromatic carbocycles. The Kier molecular flexibility index (Phi) is 9.09. The lowest BCUT2D eigenvalue weighted by Crippen LogP contribution is -2.32. The van der Waals surface area contributed by atoms with Gasteiger partial charge >= 0.3 is 5.97 Å². The van der Waals surface area contributed by atoms with Crippen LogP contribution in [-0.4, -0.2) is 32.6 Å². The monoisotopic (exact) mass is 507 g/mol. The summed E-state index contributed by atoms with van der Waals surface area (Å²) in [6.45, 7) is 4.64. The fourth-order valence-electron chi connectivity index (χ4n) is 4.25. The summed E-state index contributed by atoms with van der Waals surface area (Å²) in [6.07, 6.45) is 3.26. The van der Waals surface area contributed by atoms with Gasteiger partial charge in [0.1, 0.15) is 11.5 Å². The number of rotatable bonds is 8. The van der Waals surface area contributed by atoms with Crippen molar-refractivity contribution < 1.29 is 23.8 Å². The van der Waals surface area contributed by atoms with Crippen LogP contribution in [0.5, 0.6) is 17.2 Å². The molecule has 0 aromatic heterocycles. The van der Waals surface area contributed by atoms with Gasteiger partial charge in [-0.25, -0.2) is 0 Å². The van der Waals surface area contributed by atoms with Gasteiger partial charge < -0.3 is 19.5 Å². The van der Waals surface area contributed by atoms with E-state index in [-0.39, 0.29) is 34.5 Å². The van der Waals surface area contributed by atoms with E-state index in [0.717, 1.165) is 37.0 Å². The maximum atomic E-state index is 12.9. The number of esters is 1. The average Bonchev–Trinajstić information content (AvgIpc) is 2.84. The number of hydrogen-bond donors (Lipinski definition) is 1. The molecular formula is C26H31Cl2NO5. The Morgan fingerprint density at radius 2 is 1.76 bits per heavy atom. The molecule has 1 aliphatic rings. The molecule has 0 aliphatic heterocycles. The average molecular weight is 508 g/mol. The molecular weight excluding hydrogens is 477 g/mol. The minimum atomic E-state index is -0.292. The van der Waals surface area contributed by atoms with Crippen molar-refractivity contribution in [1.29, 1.82) is 0 Å². The van der Waals surface area contributed by atoms with Crippen LogP contribution in [-0.2, 0) is 9.53 Å². The van der Waals surface area contributed by atoms with Gasteiger partial charge in [0.15, 0.2) is 5.75 Å². The Labute approximate surface area is 210 Å². The number of methoxy groups -OCH3 is 2. The van der Waals surface area contributed by atoms with Crippen LogP contribution in [0.3, 0.4) is 0 Å². The lowest BCUT2D eigenvalue weighted by molar-refractivity contribution is -0.146. The van der Waals surface area contributed by atoms with E-state index >= 15 is 0 Å². The minimum absolute atomic E-state index is 0.0449. The molecule has 34 heavy (non-hydrogen) atoms. The van der Waals surface area contributed by atoms with Crippen LogP contribution < -0.4 is 14.8 Å². The number of carbonyl (C=O) groups is 2. The number of halogens is 2. The van der Waals surface area contributed by atoms with Crippen molar-refractivity contribution >= 4 is 35.1 Å². The largest absolute Gasteiger partial charge is 0.496 e. The Morgan fingerprint density at radius 1 is 1.06 bits per heavy atom. The Hall–Kier alpha value is -2.44. The topological polar surface area (TPSA) is 73.9 Å². The maximum absolute atomic E-state index is 12.9. The minimum Gasteiger partial charge on any atom is -0.496 e. The van der Waals surface area contributed by atoms with Crippen molar-refractivity contribution in [3.05, 3.63) is 51.5 Å². The normalized spacial score (nSPS) is 17.9. The molecule has 0 spiro atoms. The first-order chi connectivity index (χ1) is 16.2. The lowest BCUT2D eigenvalue weighted by atomic mass is 9.82. The molecule has 8 heteroatoms. The van der Waals surface area contributed by atoms with Gasteiger partial charge in [-0.2, -0.15) is 0 Å². The van der Waals surface area contributed by atoms with Gasteiger partial charge in [0.25, 0.3) is 5.91 Å². The predicted octanol–water partition coefficient (Wildman–Crippen LogP) is 6.63. The van der Waals surface area contributed by atoms with E-state index in [1.54, 1.807) is 25.3 Å². The number of hydrogen-bond acceptors (Lipinski definition) is 5. The second-order valence-corrected chi connectivity index (χ2v) is 9.63. The molecule has 3 rings (SSSR count). The van der Waals surface area contributed by atoms with E-state index in [9.17, 15) is 9.59 Å². The molecule has 1 aliphatic carbocycles. The van der Waals surface area contributed by atoms with Gasteiger partial charge in [0.2, 0.25) is 0 Å². The van der Waals surface area contributed by atoms with Gasteiger partial charge in [-0.05, 0) is 67.9 Å². The zero-order valence-corrected chi connectivity index (χ0v) is 21.5. The summed E-state index contributed by atoms with van der Waals surface area (Å²) in [7, 11) is 3.04. The van der Waals surface area contributed by atoms with Crippen LogP contribution in [0.25, 0.3) is 0 Å². The van der Waals surface area contributed by atoms with Crippen molar-refractivity contribution in [2.24, 2.45) is 11.8 Å². The first kappa shape index (κ1) is 26.2. The van der Waals surface area contributed by atoms with E-state index in [1.165, 1.54) is 7.11 Å². The number of amides is 1. The fourth-order valence-corrected chi connectivity index (χ4v) is 4.78. The molecule has 1 fully saturated rings. The van der Waals surface area contributed by atoms with Gasteiger partial charge in [-0.1, -0.05) is 37.0 Å². The number of nitrogens with one attached hydrogen (secondary N) is 1. The number of benzene rings is 2. The van der Waals surface area contributed by atoms with Crippen LogP contribution >= 0.6 is 23.2 Å². The molecule has 1 amide bonds. The first-order valence-electron chi connectivity index (χ1n) is 11.4. The van der Waals surface area contributed by atoms with Crippen LogP contribution in [0, 0.1) is 11.8 Å². The van der Waals surface area contributed by atoms with Crippen LogP contribution in [0.4, 0.5) is 0 Å². The highest BCUT2D eigenvalue weighted by Gasteiger charge is 2.27. The predicted molar refractivity (Wildman–Crippen MR) is 133 cm³/mol. The summed E-state index contributed by atoms with van der Waals surface area (Å²) in [6, 6.07) is 8.68. The molecule has 1 N–H and O–H groups in total.